The Bertz CT molecular complexity index is 328. The number of carbonyl (C=O) groups is 1. The third-order valence-electron chi connectivity index (χ3n) is 1.37. The van der Waals surface area contributed by atoms with Gasteiger partial charge in [-0.2, -0.15) is 0 Å². The zero-order valence-electron chi connectivity index (χ0n) is 6.03. The molecule has 0 aliphatic rings. The van der Waals surface area contributed by atoms with Crippen molar-refractivity contribution >= 4 is 18.4 Å². The maximum Gasteiger partial charge on any atom is 0.277 e. The molecular weight excluding hydrogens is 156 g/mol. The fourth-order valence-corrected chi connectivity index (χ4v) is 0.825. The van der Waals surface area contributed by atoms with Crippen LogP contribution in [0.3, 0.4) is 0 Å². The SMILES string of the molecule is O=[C]C(=O)c1ccccc1[C]=O. The average Bonchev–Trinajstić information content (AvgIpc) is 2.16. The lowest BCUT2D eigenvalue weighted by Gasteiger charge is -1.94. The predicted octanol–water partition coefficient (Wildman–Crippen LogP) is 0.437. The van der Waals surface area contributed by atoms with Gasteiger partial charge in [0, 0.05) is 11.1 Å². The molecule has 1 rings (SSSR count). The van der Waals surface area contributed by atoms with Crippen LogP contribution in [0.25, 0.3) is 0 Å². The molecule has 3 nitrogen and oxygen atoms in total. The Hall–Kier alpha value is -1.77. The molecule has 0 heterocycles. The number of carbonyl (C=O) groups excluding carboxylic acids is 3. The highest BCUT2D eigenvalue weighted by Crippen LogP contribution is 2.05. The summed E-state index contributed by atoms with van der Waals surface area (Å²) >= 11 is 0. The van der Waals surface area contributed by atoms with Crippen molar-refractivity contribution in [1.82, 2.24) is 0 Å². The fraction of sp³-hybridized carbons (Fsp3) is 0. The van der Waals surface area contributed by atoms with E-state index in [9.17, 15) is 14.4 Å². The molecule has 0 unspecified atom stereocenters. The Morgan fingerprint density at radius 1 is 1.17 bits per heavy atom. The lowest BCUT2D eigenvalue weighted by atomic mass is 10.1. The van der Waals surface area contributed by atoms with Crippen molar-refractivity contribution in [2.75, 3.05) is 0 Å². The summed E-state index contributed by atoms with van der Waals surface area (Å²) in [6, 6.07) is 5.94. The predicted molar refractivity (Wildman–Crippen MR) is 41.3 cm³/mol. The van der Waals surface area contributed by atoms with E-state index in [2.05, 4.69) is 0 Å². The van der Waals surface area contributed by atoms with Gasteiger partial charge >= 0.3 is 0 Å². The highest BCUT2D eigenvalue weighted by molar-refractivity contribution is 6.34. The van der Waals surface area contributed by atoms with E-state index in [1.165, 1.54) is 18.4 Å². The third kappa shape index (κ3) is 1.45. The van der Waals surface area contributed by atoms with E-state index < -0.39 is 5.78 Å². The first-order valence-electron chi connectivity index (χ1n) is 3.19. The number of Topliss-reactive ketones (excluding diaryl/α,β-unsaturated/α-hetero) is 1. The van der Waals surface area contributed by atoms with Gasteiger partial charge in [-0.05, 0) is 0 Å². The van der Waals surface area contributed by atoms with Gasteiger partial charge in [-0.3, -0.25) is 14.4 Å². The van der Waals surface area contributed by atoms with E-state index in [0.29, 0.717) is 0 Å². The number of benzene rings is 1. The molecule has 0 saturated heterocycles. The summed E-state index contributed by atoms with van der Waals surface area (Å²) in [5, 5.41) is 0. The van der Waals surface area contributed by atoms with Gasteiger partial charge < -0.3 is 0 Å². The molecule has 0 saturated carbocycles. The largest absolute Gasteiger partial charge is 0.285 e. The Labute approximate surface area is 69.0 Å². The molecule has 0 fully saturated rings. The minimum atomic E-state index is -0.825. The van der Waals surface area contributed by atoms with E-state index in [-0.39, 0.29) is 11.1 Å². The van der Waals surface area contributed by atoms with Crippen LogP contribution in [0.5, 0.6) is 0 Å². The summed E-state index contributed by atoms with van der Waals surface area (Å²) in [5.41, 5.74) is 0.133. The van der Waals surface area contributed by atoms with Crippen molar-refractivity contribution < 1.29 is 14.4 Å². The van der Waals surface area contributed by atoms with Gasteiger partial charge in [0.25, 0.3) is 6.29 Å². The zero-order valence-corrected chi connectivity index (χ0v) is 6.03. The van der Waals surface area contributed by atoms with Crippen LogP contribution in [-0.4, -0.2) is 18.4 Å². The van der Waals surface area contributed by atoms with Gasteiger partial charge in [-0.25, -0.2) is 0 Å². The van der Waals surface area contributed by atoms with E-state index in [1.807, 2.05) is 0 Å². The third-order valence-corrected chi connectivity index (χ3v) is 1.37. The zero-order chi connectivity index (χ0) is 8.97. The molecule has 0 atom stereocenters. The Balaban J connectivity index is 3.21. The van der Waals surface area contributed by atoms with Crippen molar-refractivity contribution in [2.45, 2.75) is 0 Å². The monoisotopic (exact) mass is 160 g/mol. The second-order valence-corrected chi connectivity index (χ2v) is 2.08. The highest BCUT2D eigenvalue weighted by Gasteiger charge is 2.09. The molecule has 0 amide bonds. The van der Waals surface area contributed by atoms with Crippen molar-refractivity contribution in [2.24, 2.45) is 0 Å². The summed E-state index contributed by atoms with van der Waals surface area (Å²) in [4.78, 5) is 31.0. The molecule has 3 heteroatoms. The smallest absolute Gasteiger partial charge is 0.277 e. The van der Waals surface area contributed by atoms with Gasteiger partial charge in [0.1, 0.15) is 0 Å². The van der Waals surface area contributed by atoms with Gasteiger partial charge in [-0.15, -0.1) is 0 Å². The first-order valence-corrected chi connectivity index (χ1v) is 3.19. The van der Waals surface area contributed by atoms with Crippen LogP contribution in [0.2, 0.25) is 0 Å². The molecule has 12 heavy (non-hydrogen) atoms. The molecule has 0 N–H and O–H groups in total. The Kier molecular flexibility index (Phi) is 2.48. The van der Waals surface area contributed by atoms with Crippen LogP contribution in [0.4, 0.5) is 0 Å². The summed E-state index contributed by atoms with van der Waals surface area (Å²) in [6.45, 7) is 0. The highest BCUT2D eigenvalue weighted by atomic mass is 16.2. The van der Waals surface area contributed by atoms with Crippen molar-refractivity contribution in [3.63, 3.8) is 0 Å². The van der Waals surface area contributed by atoms with Crippen molar-refractivity contribution in [3.8, 4) is 0 Å². The minimum Gasteiger partial charge on any atom is -0.285 e. The van der Waals surface area contributed by atoms with Crippen LogP contribution in [0.1, 0.15) is 15.9 Å². The standard InChI is InChI=1S/C9H4O3/c10-5-7-3-1-2-4-8(7)9(12)6-11/h1-4H. The molecule has 1 aromatic rings. The minimum absolute atomic E-state index is 0.0440. The van der Waals surface area contributed by atoms with Gasteiger partial charge in [0.05, 0.1) is 0 Å². The summed E-state index contributed by atoms with van der Waals surface area (Å²) < 4.78 is 0. The molecule has 0 bridgehead atoms. The quantitative estimate of drug-likeness (QED) is 0.476. The van der Waals surface area contributed by atoms with E-state index >= 15 is 0 Å². The number of rotatable bonds is 3. The van der Waals surface area contributed by atoms with Crippen LogP contribution >= 0.6 is 0 Å². The second-order valence-electron chi connectivity index (χ2n) is 2.08. The van der Waals surface area contributed by atoms with Crippen LogP contribution in [-0.2, 0) is 9.59 Å². The topological polar surface area (TPSA) is 51.2 Å². The van der Waals surface area contributed by atoms with Gasteiger partial charge in [0.15, 0.2) is 0 Å². The van der Waals surface area contributed by atoms with Crippen LogP contribution < -0.4 is 0 Å². The first-order chi connectivity index (χ1) is 5.79. The normalized spacial score (nSPS) is 9.00. The molecule has 2 radical (unpaired) electrons. The van der Waals surface area contributed by atoms with Crippen LogP contribution in [0.15, 0.2) is 24.3 Å². The van der Waals surface area contributed by atoms with Crippen molar-refractivity contribution in [3.05, 3.63) is 35.4 Å². The molecular formula is C9H4O3. The van der Waals surface area contributed by atoms with Gasteiger partial charge in [0.2, 0.25) is 12.1 Å². The lowest BCUT2D eigenvalue weighted by Crippen LogP contribution is -2.03. The van der Waals surface area contributed by atoms with E-state index in [1.54, 1.807) is 18.4 Å². The maximum absolute atomic E-state index is 10.8. The number of hydrogen-bond donors (Lipinski definition) is 0. The van der Waals surface area contributed by atoms with E-state index in [0.717, 1.165) is 0 Å². The molecule has 0 aliphatic carbocycles. The first kappa shape index (κ1) is 8.33. The second kappa shape index (κ2) is 3.57. The number of hydrogen-bond acceptors (Lipinski definition) is 3. The fourth-order valence-electron chi connectivity index (χ4n) is 0.825. The van der Waals surface area contributed by atoms with Gasteiger partial charge in [-0.1, -0.05) is 24.3 Å². The number of ketones is 1. The Morgan fingerprint density at radius 2 is 1.83 bits per heavy atom. The average molecular weight is 160 g/mol. The molecule has 58 valence electrons. The molecule has 0 aliphatic heterocycles. The molecule has 0 spiro atoms. The maximum atomic E-state index is 10.8. The Morgan fingerprint density at radius 3 is 2.42 bits per heavy atom. The molecule has 0 aromatic heterocycles. The summed E-state index contributed by atoms with van der Waals surface area (Å²) in [6.07, 6.45) is 2.75. The molecule has 1 aromatic carbocycles. The van der Waals surface area contributed by atoms with Crippen molar-refractivity contribution in [1.29, 1.82) is 0 Å². The lowest BCUT2D eigenvalue weighted by molar-refractivity contribution is 0.106. The summed E-state index contributed by atoms with van der Waals surface area (Å²) in [7, 11) is 0. The van der Waals surface area contributed by atoms with E-state index in [4.69, 9.17) is 0 Å². The van der Waals surface area contributed by atoms with Crippen LogP contribution in [0, 0.1) is 0 Å². The summed E-state index contributed by atoms with van der Waals surface area (Å²) in [5.74, 6) is -0.825.